The van der Waals surface area contributed by atoms with Crippen LogP contribution >= 0.6 is 11.3 Å². The Morgan fingerprint density at radius 3 is 2.77 bits per heavy atom. The molecule has 0 bridgehead atoms. The van der Waals surface area contributed by atoms with Crippen LogP contribution in [0, 0.1) is 17.8 Å². The van der Waals surface area contributed by atoms with Gasteiger partial charge < -0.3 is 4.74 Å². The van der Waals surface area contributed by atoms with Crippen LogP contribution in [0.5, 0.6) is 5.75 Å². The molecule has 6 heteroatoms. The molecule has 0 radical (unpaired) electrons. The summed E-state index contributed by atoms with van der Waals surface area (Å²) in [5.41, 5.74) is 0.443. The summed E-state index contributed by atoms with van der Waals surface area (Å²) in [5.74, 6) is -1.10. The van der Waals surface area contributed by atoms with Gasteiger partial charge in [0.1, 0.15) is 10.6 Å². The zero-order chi connectivity index (χ0) is 18.3. The lowest BCUT2D eigenvalue weighted by Crippen LogP contribution is -2.31. The van der Waals surface area contributed by atoms with E-state index in [4.69, 9.17) is 4.74 Å². The van der Waals surface area contributed by atoms with Gasteiger partial charge in [0.15, 0.2) is 0 Å². The zero-order valence-electron chi connectivity index (χ0n) is 14.1. The third-order valence-corrected chi connectivity index (χ3v) is 5.73. The molecule has 5 nitrogen and oxygen atoms in total. The van der Waals surface area contributed by atoms with Crippen molar-refractivity contribution < 1.29 is 19.1 Å². The summed E-state index contributed by atoms with van der Waals surface area (Å²) in [6.07, 6.45) is 4.55. The molecule has 26 heavy (non-hydrogen) atoms. The molecular formula is C20H17NO4S. The Kier molecular flexibility index (Phi) is 4.20. The van der Waals surface area contributed by atoms with Crippen molar-refractivity contribution in [3.8, 4) is 5.75 Å². The Bertz CT molecular complexity index is 902. The molecule has 0 unspecified atom stereocenters. The molecule has 0 N–H and O–H groups in total. The van der Waals surface area contributed by atoms with Crippen LogP contribution in [0.15, 0.2) is 53.9 Å². The lowest BCUT2D eigenvalue weighted by Gasteiger charge is -2.22. The lowest BCUT2D eigenvalue weighted by molar-refractivity contribution is -0.122. The van der Waals surface area contributed by atoms with Gasteiger partial charge in [0, 0.05) is 6.07 Å². The zero-order valence-corrected chi connectivity index (χ0v) is 14.9. The summed E-state index contributed by atoms with van der Waals surface area (Å²) in [7, 11) is 0. The van der Waals surface area contributed by atoms with Crippen LogP contribution in [0.1, 0.15) is 23.0 Å². The molecular weight excluding hydrogens is 350 g/mol. The lowest BCUT2D eigenvalue weighted by atomic mass is 9.78. The van der Waals surface area contributed by atoms with Gasteiger partial charge in [0.25, 0.3) is 0 Å². The molecule has 1 aromatic heterocycles. The molecule has 132 valence electrons. The summed E-state index contributed by atoms with van der Waals surface area (Å²) in [5, 5.41) is 1.80. The number of imide groups is 1. The number of anilines is 1. The predicted octanol–water partition coefficient (Wildman–Crippen LogP) is 3.67. The first-order chi connectivity index (χ1) is 12.6. The maximum absolute atomic E-state index is 12.8. The maximum Gasteiger partial charge on any atom is 0.353 e. The number of hydrogen-bond acceptors (Lipinski definition) is 5. The number of thiophene rings is 1. The number of benzene rings is 1. The molecule has 1 saturated heterocycles. The second-order valence-corrected chi connectivity index (χ2v) is 7.48. The highest BCUT2D eigenvalue weighted by atomic mass is 32.1. The molecule has 2 amide bonds. The van der Waals surface area contributed by atoms with E-state index in [0.717, 1.165) is 0 Å². The Hall–Kier alpha value is -2.73. The molecule has 0 saturated carbocycles. The third kappa shape index (κ3) is 2.76. The van der Waals surface area contributed by atoms with Gasteiger partial charge in [-0.15, -0.1) is 11.3 Å². The summed E-state index contributed by atoms with van der Waals surface area (Å²) in [4.78, 5) is 39.5. The Morgan fingerprint density at radius 2 is 2.04 bits per heavy atom. The molecule has 3 atom stereocenters. The van der Waals surface area contributed by atoms with Crippen molar-refractivity contribution in [2.45, 2.75) is 13.3 Å². The molecule has 2 aromatic rings. The van der Waals surface area contributed by atoms with Gasteiger partial charge in [0.05, 0.1) is 17.5 Å². The number of carbonyl (C=O) groups is 3. The fourth-order valence-corrected chi connectivity index (χ4v) is 4.24. The second kappa shape index (κ2) is 6.53. The summed E-state index contributed by atoms with van der Waals surface area (Å²) >= 11 is 1.29. The van der Waals surface area contributed by atoms with E-state index in [1.54, 1.807) is 41.8 Å². The molecule has 1 aliphatic heterocycles. The number of allylic oxidation sites excluding steroid dienone is 2. The minimum absolute atomic E-state index is 0.0371. The second-order valence-electron chi connectivity index (χ2n) is 6.53. The van der Waals surface area contributed by atoms with Crippen molar-refractivity contribution in [2.75, 3.05) is 4.90 Å². The Morgan fingerprint density at radius 1 is 1.19 bits per heavy atom. The first-order valence-corrected chi connectivity index (χ1v) is 9.34. The smallest absolute Gasteiger partial charge is 0.353 e. The van der Waals surface area contributed by atoms with E-state index >= 15 is 0 Å². The van der Waals surface area contributed by atoms with Crippen molar-refractivity contribution in [3.63, 3.8) is 0 Å². The van der Waals surface area contributed by atoms with Crippen LogP contribution < -0.4 is 9.64 Å². The van der Waals surface area contributed by atoms with Gasteiger partial charge >= 0.3 is 5.97 Å². The average Bonchev–Trinajstić information content (AvgIpc) is 3.24. The number of nitrogens with zero attached hydrogens (tertiary/aromatic N) is 1. The summed E-state index contributed by atoms with van der Waals surface area (Å²) in [6, 6.07) is 10.0. The van der Waals surface area contributed by atoms with Gasteiger partial charge in [0.2, 0.25) is 11.8 Å². The molecule has 0 spiro atoms. The molecule has 1 fully saturated rings. The number of hydrogen-bond donors (Lipinski definition) is 0. The summed E-state index contributed by atoms with van der Waals surface area (Å²) < 4.78 is 5.38. The molecule has 1 aliphatic carbocycles. The first-order valence-electron chi connectivity index (χ1n) is 8.46. The van der Waals surface area contributed by atoms with E-state index in [0.29, 0.717) is 22.7 Å². The fourth-order valence-electron chi connectivity index (χ4n) is 3.64. The highest BCUT2D eigenvalue weighted by Gasteiger charge is 2.50. The summed E-state index contributed by atoms with van der Waals surface area (Å²) in [6.45, 7) is 1.96. The van der Waals surface area contributed by atoms with E-state index in [2.05, 4.69) is 0 Å². The highest BCUT2D eigenvalue weighted by Crippen LogP contribution is 2.40. The first kappa shape index (κ1) is 16.7. The molecule has 4 rings (SSSR count). The van der Waals surface area contributed by atoms with Crippen molar-refractivity contribution in [2.24, 2.45) is 17.8 Å². The van der Waals surface area contributed by atoms with Gasteiger partial charge in [-0.05, 0) is 35.9 Å². The third-order valence-electron chi connectivity index (χ3n) is 4.88. The normalized spacial score (nSPS) is 24.7. The number of ether oxygens (including phenoxy) is 1. The van der Waals surface area contributed by atoms with Crippen LogP contribution in [0.2, 0.25) is 0 Å². The highest BCUT2D eigenvalue weighted by molar-refractivity contribution is 7.12. The van der Waals surface area contributed by atoms with E-state index in [1.807, 2.05) is 19.1 Å². The number of rotatable bonds is 3. The van der Waals surface area contributed by atoms with Crippen molar-refractivity contribution in [3.05, 3.63) is 58.8 Å². The average molecular weight is 367 g/mol. The van der Waals surface area contributed by atoms with E-state index in [9.17, 15) is 14.4 Å². The minimum Gasteiger partial charge on any atom is -0.422 e. The van der Waals surface area contributed by atoms with Crippen molar-refractivity contribution in [1.82, 2.24) is 0 Å². The van der Waals surface area contributed by atoms with Crippen LogP contribution in [0.25, 0.3) is 0 Å². The monoisotopic (exact) mass is 367 g/mol. The van der Waals surface area contributed by atoms with Crippen LogP contribution in [-0.2, 0) is 9.59 Å². The molecule has 2 aliphatic rings. The largest absolute Gasteiger partial charge is 0.422 e. The van der Waals surface area contributed by atoms with Crippen LogP contribution in [-0.4, -0.2) is 17.8 Å². The van der Waals surface area contributed by atoms with E-state index < -0.39 is 5.97 Å². The van der Waals surface area contributed by atoms with E-state index in [-0.39, 0.29) is 29.6 Å². The minimum atomic E-state index is -0.456. The predicted molar refractivity (Wildman–Crippen MR) is 98.1 cm³/mol. The molecule has 2 heterocycles. The van der Waals surface area contributed by atoms with Gasteiger partial charge in [-0.3, -0.25) is 9.59 Å². The van der Waals surface area contributed by atoms with Crippen molar-refractivity contribution in [1.29, 1.82) is 0 Å². The SMILES string of the molecule is C[C@@H]1C=CC[C@@H]2C(=O)N(c3cccc(OC(=O)c4cccs4)c3)C(=O)[C@H]12. The van der Waals surface area contributed by atoms with Crippen LogP contribution in [0.4, 0.5) is 5.69 Å². The number of amides is 2. The standard InChI is InChI=1S/C20H17NO4S/c1-12-5-2-8-15-17(12)19(23)21(18(15)22)13-6-3-7-14(11-13)25-20(24)16-9-4-10-26-16/h2-7,9-12,15,17H,8H2,1H3/t12-,15+,17-/m1/s1. The van der Waals surface area contributed by atoms with Gasteiger partial charge in [-0.1, -0.05) is 31.2 Å². The Labute approximate surface area is 154 Å². The topological polar surface area (TPSA) is 63.7 Å². The maximum atomic E-state index is 12.8. The van der Waals surface area contributed by atoms with Crippen molar-refractivity contribution >= 4 is 34.8 Å². The number of esters is 1. The van der Waals surface area contributed by atoms with Crippen LogP contribution in [0.3, 0.4) is 0 Å². The van der Waals surface area contributed by atoms with Gasteiger partial charge in [-0.25, -0.2) is 9.69 Å². The Balaban J connectivity index is 1.60. The molecule has 1 aromatic carbocycles. The fraction of sp³-hybridized carbons (Fsp3) is 0.250. The number of fused-ring (bicyclic) bond motifs is 1. The quantitative estimate of drug-likeness (QED) is 0.359. The van der Waals surface area contributed by atoms with Gasteiger partial charge in [-0.2, -0.15) is 0 Å². The number of carbonyl (C=O) groups excluding carboxylic acids is 3. The van der Waals surface area contributed by atoms with E-state index in [1.165, 1.54) is 16.2 Å².